The summed E-state index contributed by atoms with van der Waals surface area (Å²) in [4.78, 5) is 23.0. The molecule has 0 bridgehead atoms. The molecule has 2 aromatic carbocycles. The highest BCUT2D eigenvalue weighted by Crippen LogP contribution is 2.31. The molecule has 7 nitrogen and oxygen atoms in total. The molecule has 1 aliphatic carbocycles. The number of hydrogen-bond acceptors (Lipinski definition) is 5. The Kier molecular flexibility index (Phi) is 5.59. The van der Waals surface area contributed by atoms with Gasteiger partial charge < -0.3 is 14.8 Å². The molecule has 142 valence electrons. The van der Waals surface area contributed by atoms with E-state index < -0.39 is 16.9 Å². The predicted molar refractivity (Wildman–Crippen MR) is 101 cm³/mol. The highest BCUT2D eigenvalue weighted by Gasteiger charge is 2.21. The first kappa shape index (κ1) is 18.7. The molecule has 3 rings (SSSR count). The van der Waals surface area contributed by atoms with Gasteiger partial charge in [0.15, 0.2) is 6.10 Å². The monoisotopic (exact) mass is 370 g/mol. The Morgan fingerprint density at radius 3 is 2.70 bits per heavy atom. The minimum absolute atomic E-state index is 0.128. The van der Waals surface area contributed by atoms with Crippen molar-refractivity contribution in [2.24, 2.45) is 0 Å². The van der Waals surface area contributed by atoms with Crippen LogP contribution in [0.25, 0.3) is 0 Å². The van der Waals surface area contributed by atoms with Crippen LogP contribution in [-0.2, 0) is 17.6 Å². The molecule has 7 heteroatoms. The molecule has 27 heavy (non-hydrogen) atoms. The predicted octanol–water partition coefficient (Wildman–Crippen LogP) is 3.89. The van der Waals surface area contributed by atoms with E-state index in [1.54, 1.807) is 6.92 Å². The van der Waals surface area contributed by atoms with Crippen molar-refractivity contribution in [3.63, 3.8) is 0 Å². The highest BCUT2D eigenvalue weighted by atomic mass is 16.6. The number of nitrogens with zero attached hydrogens (tertiary/aromatic N) is 1. The number of nitro benzene ring substituents is 1. The summed E-state index contributed by atoms with van der Waals surface area (Å²) in [7, 11) is 1.44. The summed E-state index contributed by atoms with van der Waals surface area (Å²) < 4.78 is 11.1. The molecular formula is C20H22N2O5. The Labute approximate surface area is 157 Å². The molecule has 1 unspecified atom stereocenters. The first-order valence-corrected chi connectivity index (χ1v) is 8.90. The number of methoxy groups -OCH3 is 1. The number of nitro groups is 1. The Morgan fingerprint density at radius 1 is 1.19 bits per heavy atom. The lowest BCUT2D eigenvalue weighted by molar-refractivity contribution is -0.384. The zero-order valence-corrected chi connectivity index (χ0v) is 15.4. The Morgan fingerprint density at radius 2 is 1.96 bits per heavy atom. The first-order chi connectivity index (χ1) is 13.0. The third kappa shape index (κ3) is 4.19. The second kappa shape index (κ2) is 8.07. The fourth-order valence-electron chi connectivity index (χ4n) is 3.24. The molecule has 0 radical (unpaired) electrons. The Bertz CT molecular complexity index is 865. The van der Waals surface area contributed by atoms with E-state index in [0.29, 0.717) is 5.75 Å². The van der Waals surface area contributed by atoms with E-state index in [0.717, 1.165) is 30.6 Å². The van der Waals surface area contributed by atoms with Gasteiger partial charge in [0.05, 0.1) is 17.7 Å². The summed E-state index contributed by atoms with van der Waals surface area (Å²) in [6, 6.07) is 9.96. The average Bonchev–Trinajstić information content (AvgIpc) is 2.68. The average molecular weight is 370 g/mol. The minimum Gasteiger partial charge on any atom is -0.495 e. The lowest BCUT2D eigenvalue weighted by Crippen LogP contribution is -2.30. The molecule has 0 saturated carbocycles. The van der Waals surface area contributed by atoms with Gasteiger partial charge in [-0.1, -0.05) is 12.1 Å². The maximum absolute atomic E-state index is 12.6. The molecule has 2 aromatic rings. The highest BCUT2D eigenvalue weighted by molar-refractivity contribution is 5.95. The van der Waals surface area contributed by atoms with Crippen LogP contribution >= 0.6 is 0 Å². The molecule has 1 atom stereocenters. The number of fused-ring (bicyclic) bond motifs is 1. The van der Waals surface area contributed by atoms with E-state index in [1.807, 2.05) is 12.1 Å². The molecule has 1 aliphatic rings. The van der Waals surface area contributed by atoms with Gasteiger partial charge in [-0.2, -0.15) is 0 Å². The van der Waals surface area contributed by atoms with Gasteiger partial charge in [0.1, 0.15) is 11.5 Å². The maximum atomic E-state index is 12.6. The number of nitrogens with one attached hydrogen (secondary N) is 1. The Balaban J connectivity index is 1.75. The zero-order valence-electron chi connectivity index (χ0n) is 15.4. The van der Waals surface area contributed by atoms with Crippen molar-refractivity contribution in [1.29, 1.82) is 0 Å². The van der Waals surface area contributed by atoms with Crippen molar-refractivity contribution in [2.75, 3.05) is 12.4 Å². The van der Waals surface area contributed by atoms with E-state index in [1.165, 1.54) is 37.3 Å². The van der Waals surface area contributed by atoms with Crippen molar-refractivity contribution in [2.45, 2.75) is 38.7 Å². The normalized spacial score (nSPS) is 14.0. The van der Waals surface area contributed by atoms with E-state index in [2.05, 4.69) is 11.4 Å². The fraction of sp³-hybridized carbons (Fsp3) is 0.350. The number of ether oxygens (including phenoxy) is 2. The molecule has 0 aliphatic heterocycles. The van der Waals surface area contributed by atoms with Gasteiger partial charge in [0.25, 0.3) is 11.6 Å². The van der Waals surface area contributed by atoms with E-state index in [9.17, 15) is 14.9 Å². The second-order valence-corrected chi connectivity index (χ2v) is 6.49. The van der Waals surface area contributed by atoms with Gasteiger partial charge in [-0.3, -0.25) is 14.9 Å². The van der Waals surface area contributed by atoms with Crippen LogP contribution < -0.4 is 14.8 Å². The third-order valence-corrected chi connectivity index (χ3v) is 4.68. The van der Waals surface area contributed by atoms with Crippen LogP contribution in [0.5, 0.6) is 11.5 Å². The van der Waals surface area contributed by atoms with E-state index in [4.69, 9.17) is 9.47 Å². The number of benzene rings is 2. The lowest BCUT2D eigenvalue weighted by Gasteiger charge is -2.22. The van der Waals surface area contributed by atoms with Crippen LogP contribution in [0.2, 0.25) is 0 Å². The van der Waals surface area contributed by atoms with Crippen molar-refractivity contribution >= 4 is 17.3 Å². The van der Waals surface area contributed by atoms with Gasteiger partial charge in [0, 0.05) is 12.1 Å². The molecule has 0 spiro atoms. The van der Waals surface area contributed by atoms with Gasteiger partial charge in [0.2, 0.25) is 0 Å². The third-order valence-electron chi connectivity index (χ3n) is 4.68. The summed E-state index contributed by atoms with van der Waals surface area (Å²) in [5.74, 6) is 0.668. The van der Waals surface area contributed by atoms with E-state index >= 15 is 0 Å². The van der Waals surface area contributed by atoms with Crippen LogP contribution in [0.1, 0.15) is 30.9 Å². The molecule has 0 saturated heterocycles. The van der Waals surface area contributed by atoms with Crippen LogP contribution in [-0.4, -0.2) is 24.0 Å². The summed E-state index contributed by atoms with van der Waals surface area (Å²) in [5, 5.41) is 13.6. The molecular weight excluding hydrogens is 348 g/mol. The van der Waals surface area contributed by atoms with Crippen LogP contribution in [0.3, 0.4) is 0 Å². The molecule has 1 N–H and O–H groups in total. The summed E-state index contributed by atoms with van der Waals surface area (Å²) >= 11 is 0. The summed E-state index contributed by atoms with van der Waals surface area (Å²) in [6.07, 6.45) is 3.48. The van der Waals surface area contributed by atoms with E-state index in [-0.39, 0.29) is 11.4 Å². The molecule has 0 aromatic heterocycles. The zero-order chi connectivity index (χ0) is 19.4. The number of amides is 1. The number of hydrogen-bond donors (Lipinski definition) is 1. The van der Waals surface area contributed by atoms with Crippen LogP contribution in [0.4, 0.5) is 11.4 Å². The number of rotatable bonds is 6. The summed E-state index contributed by atoms with van der Waals surface area (Å²) in [6.45, 7) is 1.65. The topological polar surface area (TPSA) is 90.7 Å². The number of carbonyl (C=O) groups is 1. The van der Waals surface area contributed by atoms with Crippen molar-refractivity contribution in [3.05, 3.63) is 57.6 Å². The number of aryl methyl sites for hydroxylation is 1. The van der Waals surface area contributed by atoms with Crippen molar-refractivity contribution in [1.82, 2.24) is 0 Å². The van der Waals surface area contributed by atoms with Crippen molar-refractivity contribution in [3.8, 4) is 11.5 Å². The summed E-state index contributed by atoms with van der Waals surface area (Å²) in [5.41, 5.74) is 2.54. The maximum Gasteiger partial charge on any atom is 0.271 e. The minimum atomic E-state index is -0.762. The standard InChI is InChI=1S/C20H22N2O5/c1-13(27-18-9-5-7-14-6-3-4-8-16(14)18)20(23)21-17-12-15(22(24)25)10-11-19(17)26-2/h5,7,9-13H,3-4,6,8H2,1-2H3,(H,21,23). The van der Waals surface area contributed by atoms with Crippen LogP contribution in [0.15, 0.2) is 36.4 Å². The van der Waals surface area contributed by atoms with Gasteiger partial charge in [-0.25, -0.2) is 0 Å². The lowest BCUT2D eigenvalue weighted by atomic mass is 9.91. The van der Waals surface area contributed by atoms with Gasteiger partial charge >= 0.3 is 0 Å². The quantitative estimate of drug-likeness (QED) is 0.615. The number of non-ortho nitro benzene ring substituents is 1. The largest absolute Gasteiger partial charge is 0.495 e. The molecule has 0 heterocycles. The second-order valence-electron chi connectivity index (χ2n) is 6.49. The van der Waals surface area contributed by atoms with Crippen LogP contribution in [0, 0.1) is 10.1 Å². The van der Waals surface area contributed by atoms with Crippen molar-refractivity contribution < 1.29 is 19.2 Å². The smallest absolute Gasteiger partial charge is 0.271 e. The molecule has 0 fully saturated rings. The SMILES string of the molecule is COc1ccc([N+](=O)[O-])cc1NC(=O)C(C)Oc1cccc2c1CCCC2. The first-order valence-electron chi connectivity index (χ1n) is 8.90. The number of anilines is 1. The van der Waals surface area contributed by atoms with Gasteiger partial charge in [-0.05, 0) is 55.9 Å². The van der Waals surface area contributed by atoms with Gasteiger partial charge in [-0.15, -0.1) is 0 Å². The molecule has 1 amide bonds. The fourth-order valence-corrected chi connectivity index (χ4v) is 3.24. The number of carbonyl (C=O) groups excluding carboxylic acids is 1. The Hall–Kier alpha value is -3.09.